The number of carbonyl (C=O) groups excluding carboxylic acids is 3. The van der Waals surface area contributed by atoms with Gasteiger partial charge in [0.1, 0.15) is 6.42 Å². The largest absolute Gasteiger partial charge is 0.466 e. The van der Waals surface area contributed by atoms with Crippen LogP contribution in [0, 0.1) is 0 Å². The molecule has 0 aliphatic carbocycles. The van der Waals surface area contributed by atoms with Gasteiger partial charge in [-0.1, -0.05) is 0 Å². The lowest BCUT2D eigenvalue weighted by molar-refractivity contribution is -0.149. The number of likely N-dealkylation sites (N-methyl/N-ethyl adjacent to an activating group) is 1. The monoisotopic (exact) mass is 202 g/mol. The zero-order valence-corrected chi connectivity index (χ0v) is 8.28. The Kier molecular flexibility index (Phi) is 5.28. The molecule has 0 saturated heterocycles. The summed E-state index contributed by atoms with van der Waals surface area (Å²) in [5.41, 5.74) is 4.87. The summed E-state index contributed by atoms with van der Waals surface area (Å²) >= 11 is 0. The number of carbonyl (C=O) groups is 3. The Morgan fingerprint density at radius 1 is 1.36 bits per heavy atom. The van der Waals surface area contributed by atoms with Gasteiger partial charge in [-0.15, -0.1) is 0 Å². The normalized spacial score (nSPS) is 9.29. The second kappa shape index (κ2) is 5.95. The minimum absolute atomic E-state index is 0.196. The number of ether oxygens (including phenoxy) is 1. The van der Waals surface area contributed by atoms with Crippen LogP contribution in [0.2, 0.25) is 0 Å². The molecule has 2 amide bonds. The van der Waals surface area contributed by atoms with E-state index in [2.05, 4.69) is 4.74 Å². The topological polar surface area (TPSA) is 89.7 Å². The highest BCUT2D eigenvalue weighted by Crippen LogP contribution is 1.93. The molecule has 6 heteroatoms. The maximum Gasteiger partial charge on any atom is 0.315 e. The first-order chi connectivity index (χ1) is 6.47. The summed E-state index contributed by atoms with van der Waals surface area (Å²) in [5, 5.41) is 0. The highest BCUT2D eigenvalue weighted by atomic mass is 16.5. The third kappa shape index (κ3) is 5.13. The Bertz CT molecular complexity index is 239. The minimum Gasteiger partial charge on any atom is -0.466 e. The second-order valence-corrected chi connectivity index (χ2v) is 2.70. The van der Waals surface area contributed by atoms with Gasteiger partial charge in [0.2, 0.25) is 11.8 Å². The minimum atomic E-state index is -0.621. The second-order valence-electron chi connectivity index (χ2n) is 2.70. The summed E-state index contributed by atoms with van der Waals surface area (Å²) in [5.74, 6) is -1.71. The van der Waals surface area contributed by atoms with E-state index in [1.807, 2.05) is 0 Å². The van der Waals surface area contributed by atoms with Crippen molar-refractivity contribution in [3.63, 3.8) is 0 Å². The molecule has 80 valence electrons. The molecule has 0 fully saturated rings. The Balaban J connectivity index is 3.95. The highest BCUT2D eigenvalue weighted by Gasteiger charge is 2.15. The number of hydrogen-bond donors (Lipinski definition) is 1. The van der Waals surface area contributed by atoms with Crippen molar-refractivity contribution in [2.24, 2.45) is 5.73 Å². The highest BCUT2D eigenvalue weighted by molar-refractivity contribution is 5.95. The number of hydrogen-bond acceptors (Lipinski definition) is 4. The predicted molar refractivity (Wildman–Crippen MR) is 48.1 cm³/mol. The lowest BCUT2D eigenvalue weighted by Crippen LogP contribution is -2.36. The van der Waals surface area contributed by atoms with Crippen LogP contribution in [0.3, 0.4) is 0 Å². The predicted octanol–water partition coefficient (Wildman–Crippen LogP) is -1.12. The van der Waals surface area contributed by atoms with Crippen LogP contribution in [-0.2, 0) is 19.1 Å². The maximum atomic E-state index is 11.2. The molecule has 0 heterocycles. The fourth-order valence-electron chi connectivity index (χ4n) is 0.792. The fraction of sp³-hybridized carbons (Fsp3) is 0.625. The number of primary amides is 1. The van der Waals surface area contributed by atoms with E-state index >= 15 is 0 Å². The van der Waals surface area contributed by atoms with Gasteiger partial charge >= 0.3 is 5.97 Å². The van der Waals surface area contributed by atoms with Gasteiger partial charge in [-0.25, -0.2) is 0 Å². The Morgan fingerprint density at radius 2 is 1.93 bits per heavy atom. The molecule has 0 aliphatic heterocycles. The maximum absolute atomic E-state index is 11.2. The molecule has 0 atom stereocenters. The molecule has 14 heavy (non-hydrogen) atoms. The van der Waals surface area contributed by atoms with Gasteiger partial charge in [0.05, 0.1) is 13.2 Å². The van der Waals surface area contributed by atoms with E-state index in [-0.39, 0.29) is 19.6 Å². The van der Waals surface area contributed by atoms with Gasteiger partial charge in [0, 0.05) is 7.05 Å². The molecule has 0 aromatic rings. The van der Waals surface area contributed by atoms with Gasteiger partial charge in [-0.2, -0.15) is 0 Å². The summed E-state index contributed by atoms with van der Waals surface area (Å²) in [6.45, 7) is 1.68. The van der Waals surface area contributed by atoms with E-state index in [0.717, 1.165) is 4.90 Å². The summed E-state index contributed by atoms with van der Waals surface area (Å²) < 4.78 is 4.57. The number of esters is 1. The smallest absolute Gasteiger partial charge is 0.315 e. The van der Waals surface area contributed by atoms with Crippen molar-refractivity contribution in [1.29, 1.82) is 0 Å². The zero-order valence-electron chi connectivity index (χ0n) is 8.28. The molecule has 0 rings (SSSR count). The molecular weight excluding hydrogens is 188 g/mol. The van der Waals surface area contributed by atoms with Crippen LogP contribution in [0.15, 0.2) is 0 Å². The molecule has 0 bridgehead atoms. The van der Waals surface area contributed by atoms with E-state index in [0.29, 0.717) is 0 Å². The van der Waals surface area contributed by atoms with Gasteiger partial charge in [0.25, 0.3) is 0 Å². The van der Waals surface area contributed by atoms with Crippen molar-refractivity contribution in [3.8, 4) is 0 Å². The molecule has 0 aromatic heterocycles. The van der Waals surface area contributed by atoms with E-state index in [1.165, 1.54) is 7.05 Å². The summed E-state index contributed by atoms with van der Waals surface area (Å²) in [7, 11) is 1.40. The Labute approximate surface area is 82.0 Å². The Morgan fingerprint density at radius 3 is 2.36 bits per heavy atom. The van der Waals surface area contributed by atoms with E-state index in [1.54, 1.807) is 6.92 Å². The van der Waals surface area contributed by atoms with Crippen LogP contribution in [0.25, 0.3) is 0 Å². The SMILES string of the molecule is CCOC(=O)CC(=O)N(C)CC(N)=O. The van der Waals surface area contributed by atoms with Gasteiger partial charge in [0.15, 0.2) is 0 Å². The summed E-state index contributed by atoms with van der Waals surface area (Å²) in [4.78, 5) is 33.6. The van der Waals surface area contributed by atoms with Gasteiger partial charge in [-0.05, 0) is 6.92 Å². The van der Waals surface area contributed by atoms with Gasteiger partial charge < -0.3 is 15.4 Å². The molecule has 0 spiro atoms. The van der Waals surface area contributed by atoms with Gasteiger partial charge in [-0.3, -0.25) is 14.4 Å². The van der Waals surface area contributed by atoms with Crippen molar-refractivity contribution in [2.45, 2.75) is 13.3 Å². The third-order valence-corrected chi connectivity index (χ3v) is 1.42. The first-order valence-electron chi connectivity index (χ1n) is 4.15. The molecule has 0 saturated carbocycles. The number of nitrogens with zero attached hydrogens (tertiary/aromatic N) is 1. The van der Waals surface area contributed by atoms with Crippen molar-refractivity contribution < 1.29 is 19.1 Å². The molecular formula is C8H14N2O4. The number of rotatable bonds is 5. The van der Waals surface area contributed by atoms with Crippen molar-refractivity contribution in [2.75, 3.05) is 20.2 Å². The molecule has 2 N–H and O–H groups in total. The third-order valence-electron chi connectivity index (χ3n) is 1.42. The Hall–Kier alpha value is -1.59. The standard InChI is InChI=1S/C8H14N2O4/c1-3-14-8(13)4-7(12)10(2)5-6(9)11/h3-5H2,1-2H3,(H2,9,11). The first-order valence-corrected chi connectivity index (χ1v) is 4.15. The van der Waals surface area contributed by atoms with Crippen LogP contribution < -0.4 is 5.73 Å². The first kappa shape index (κ1) is 12.4. The number of nitrogens with two attached hydrogens (primary N) is 1. The molecule has 0 aliphatic rings. The molecule has 0 radical (unpaired) electrons. The van der Waals surface area contributed by atoms with Crippen LogP contribution in [-0.4, -0.2) is 42.9 Å². The van der Waals surface area contributed by atoms with E-state index in [4.69, 9.17) is 5.73 Å². The van der Waals surface area contributed by atoms with Crippen LogP contribution >= 0.6 is 0 Å². The molecule has 0 aromatic carbocycles. The average Bonchev–Trinajstić information content (AvgIpc) is 2.02. The number of amides is 2. The molecule has 6 nitrogen and oxygen atoms in total. The average molecular weight is 202 g/mol. The molecule has 0 unspecified atom stereocenters. The summed E-state index contributed by atoms with van der Waals surface area (Å²) in [6, 6.07) is 0. The fourth-order valence-corrected chi connectivity index (χ4v) is 0.792. The lowest BCUT2D eigenvalue weighted by atomic mass is 10.3. The van der Waals surface area contributed by atoms with E-state index < -0.39 is 17.8 Å². The van der Waals surface area contributed by atoms with Crippen LogP contribution in [0.4, 0.5) is 0 Å². The van der Waals surface area contributed by atoms with Crippen LogP contribution in [0.1, 0.15) is 13.3 Å². The van der Waals surface area contributed by atoms with Crippen LogP contribution in [0.5, 0.6) is 0 Å². The zero-order chi connectivity index (χ0) is 11.1. The lowest BCUT2D eigenvalue weighted by Gasteiger charge is -2.13. The van der Waals surface area contributed by atoms with Crippen molar-refractivity contribution in [3.05, 3.63) is 0 Å². The van der Waals surface area contributed by atoms with Crippen molar-refractivity contribution >= 4 is 17.8 Å². The van der Waals surface area contributed by atoms with E-state index in [9.17, 15) is 14.4 Å². The summed E-state index contributed by atoms with van der Waals surface area (Å²) in [6.07, 6.45) is -0.363. The quantitative estimate of drug-likeness (QED) is 0.452. The van der Waals surface area contributed by atoms with Crippen molar-refractivity contribution in [1.82, 2.24) is 4.90 Å².